The molecule has 0 N–H and O–H groups in total. The Morgan fingerprint density at radius 3 is 2.47 bits per heavy atom. The first kappa shape index (κ1) is 14.2. The van der Waals surface area contributed by atoms with Crippen molar-refractivity contribution in [1.82, 2.24) is 0 Å². The number of methoxy groups -OCH3 is 1. The van der Waals surface area contributed by atoms with Crippen LogP contribution in [-0.4, -0.2) is 34.2 Å². The van der Waals surface area contributed by atoms with Crippen LogP contribution in [0, 0.1) is 0 Å². The number of hydrogen-bond donors (Lipinski definition) is 0. The lowest BCUT2D eigenvalue weighted by molar-refractivity contribution is -0.106. The van der Waals surface area contributed by atoms with Crippen molar-refractivity contribution in [3.05, 3.63) is 35.9 Å². The lowest BCUT2D eigenvalue weighted by atomic mass is 10.2. The molecule has 4 nitrogen and oxygen atoms in total. The molecule has 1 rings (SSSR count). The monoisotopic (exact) mass is 258 g/mol. The van der Waals surface area contributed by atoms with E-state index in [1.165, 1.54) is 7.11 Å². The van der Waals surface area contributed by atoms with Crippen molar-refractivity contribution in [3.8, 4) is 0 Å². The maximum Gasteiger partial charge on any atom is 0.156 e. The van der Waals surface area contributed by atoms with E-state index in [0.717, 1.165) is 5.56 Å². The van der Waals surface area contributed by atoms with Crippen LogP contribution in [0.25, 0.3) is 0 Å². The fourth-order valence-corrected chi connectivity index (χ4v) is 2.50. The highest BCUT2D eigenvalue weighted by Gasteiger charge is 2.12. The van der Waals surface area contributed by atoms with Crippen LogP contribution in [0.3, 0.4) is 0 Å². The summed E-state index contributed by atoms with van der Waals surface area (Å²) in [7, 11) is -1.60. The quantitative estimate of drug-likeness (QED) is 0.697. The Balaban J connectivity index is 2.42. The Morgan fingerprint density at radius 2 is 1.88 bits per heavy atom. The van der Waals surface area contributed by atoms with Gasteiger partial charge in [-0.25, -0.2) is 8.42 Å². The lowest BCUT2D eigenvalue weighted by Crippen LogP contribution is -2.19. The smallest absolute Gasteiger partial charge is 0.156 e. The highest BCUT2D eigenvalue weighted by molar-refractivity contribution is 7.90. The van der Waals surface area contributed by atoms with Crippen LogP contribution in [-0.2, 0) is 25.1 Å². The van der Waals surface area contributed by atoms with Crippen LogP contribution in [0.15, 0.2) is 30.3 Å². The van der Waals surface area contributed by atoms with Gasteiger partial charge in [-0.1, -0.05) is 30.3 Å². The van der Waals surface area contributed by atoms with E-state index in [-0.39, 0.29) is 24.4 Å². The van der Waals surface area contributed by atoms with Crippen LogP contribution in [0.5, 0.6) is 0 Å². The minimum atomic E-state index is -3.12. The van der Waals surface area contributed by atoms with E-state index < -0.39 is 9.84 Å². The highest BCUT2D eigenvalue weighted by atomic mass is 32.2. The Bertz CT molecular complexity index is 413. The summed E-state index contributed by atoms with van der Waals surface area (Å²) in [5.74, 6) is 0.0636. The third kappa shape index (κ3) is 5.81. The zero-order chi connectivity index (χ0) is 12.7. The molecule has 1 atom stereocenters. The molecule has 0 heterocycles. The van der Waals surface area contributed by atoms with Gasteiger partial charge in [-0.3, -0.25) is 0 Å². The normalized spacial score (nSPS) is 13.5. The van der Waals surface area contributed by atoms with Gasteiger partial charge in [-0.15, -0.1) is 0 Å². The van der Waals surface area contributed by atoms with Gasteiger partial charge < -0.3 is 9.47 Å². The fourth-order valence-electron chi connectivity index (χ4n) is 1.31. The van der Waals surface area contributed by atoms with Gasteiger partial charge in [0, 0.05) is 7.11 Å². The van der Waals surface area contributed by atoms with Crippen molar-refractivity contribution < 1.29 is 17.9 Å². The molecule has 5 heteroatoms. The molecule has 0 aliphatic heterocycles. The summed E-state index contributed by atoms with van der Waals surface area (Å²) in [6.45, 7) is 1.88. The molecule has 0 aromatic heterocycles. The average Bonchev–Trinajstić information content (AvgIpc) is 2.29. The predicted octanol–water partition coefficient (Wildman–Crippen LogP) is 1.61. The van der Waals surface area contributed by atoms with Crippen molar-refractivity contribution in [2.45, 2.75) is 19.0 Å². The van der Waals surface area contributed by atoms with E-state index in [0.29, 0.717) is 0 Å². The van der Waals surface area contributed by atoms with Crippen LogP contribution in [0.1, 0.15) is 12.5 Å². The summed E-state index contributed by atoms with van der Waals surface area (Å²) in [5.41, 5.74) is 0.798. The number of hydrogen-bond acceptors (Lipinski definition) is 4. The molecule has 1 aromatic carbocycles. The van der Waals surface area contributed by atoms with Gasteiger partial charge >= 0.3 is 0 Å². The van der Waals surface area contributed by atoms with Crippen molar-refractivity contribution in [2.75, 3.05) is 19.5 Å². The molecule has 0 saturated heterocycles. The van der Waals surface area contributed by atoms with E-state index in [9.17, 15) is 8.42 Å². The van der Waals surface area contributed by atoms with Gasteiger partial charge in [0.15, 0.2) is 16.1 Å². The maximum absolute atomic E-state index is 11.7. The molecule has 0 fully saturated rings. The van der Waals surface area contributed by atoms with Crippen molar-refractivity contribution in [1.29, 1.82) is 0 Å². The summed E-state index contributed by atoms with van der Waals surface area (Å²) in [5, 5.41) is 0. The highest BCUT2D eigenvalue weighted by Crippen LogP contribution is 2.06. The molecule has 1 aromatic rings. The summed E-state index contributed by atoms with van der Waals surface area (Å²) in [6, 6.07) is 9.12. The van der Waals surface area contributed by atoms with Crippen LogP contribution >= 0.6 is 0 Å². The largest absolute Gasteiger partial charge is 0.356 e. The first-order chi connectivity index (χ1) is 8.03. The Labute approximate surface area is 102 Å². The van der Waals surface area contributed by atoms with Gasteiger partial charge in [-0.05, 0) is 12.5 Å². The SMILES string of the molecule is COC(C)OCCS(=O)(=O)Cc1ccccc1. The molecule has 0 spiro atoms. The summed E-state index contributed by atoms with van der Waals surface area (Å²) in [6.07, 6.45) is -0.373. The number of ether oxygens (including phenoxy) is 2. The van der Waals surface area contributed by atoms with Crippen molar-refractivity contribution >= 4 is 9.84 Å². The second-order valence-electron chi connectivity index (χ2n) is 3.75. The van der Waals surface area contributed by atoms with E-state index in [2.05, 4.69) is 0 Å². The van der Waals surface area contributed by atoms with Crippen LogP contribution in [0.4, 0.5) is 0 Å². The molecular weight excluding hydrogens is 240 g/mol. The predicted molar refractivity (Wildman–Crippen MR) is 66.4 cm³/mol. The molecule has 0 radical (unpaired) electrons. The van der Waals surface area contributed by atoms with Gasteiger partial charge in [0.2, 0.25) is 0 Å². The molecule has 0 aliphatic carbocycles. The van der Waals surface area contributed by atoms with E-state index in [1.54, 1.807) is 19.1 Å². The minimum Gasteiger partial charge on any atom is -0.356 e. The topological polar surface area (TPSA) is 52.6 Å². The molecule has 0 amide bonds. The molecule has 1 unspecified atom stereocenters. The van der Waals surface area contributed by atoms with Gasteiger partial charge in [0.05, 0.1) is 18.1 Å². The standard InChI is InChI=1S/C12H18O4S/c1-11(15-2)16-8-9-17(13,14)10-12-6-4-3-5-7-12/h3-7,11H,8-10H2,1-2H3. The molecule has 0 saturated carbocycles. The summed E-state index contributed by atoms with van der Waals surface area (Å²) >= 11 is 0. The third-order valence-corrected chi connectivity index (χ3v) is 3.87. The van der Waals surface area contributed by atoms with Gasteiger partial charge in [0.1, 0.15) is 0 Å². The average molecular weight is 258 g/mol. The summed E-state index contributed by atoms with van der Waals surface area (Å²) in [4.78, 5) is 0. The van der Waals surface area contributed by atoms with E-state index >= 15 is 0 Å². The Morgan fingerprint density at radius 1 is 1.24 bits per heavy atom. The van der Waals surface area contributed by atoms with Gasteiger partial charge in [-0.2, -0.15) is 0 Å². The zero-order valence-electron chi connectivity index (χ0n) is 10.1. The molecule has 0 bridgehead atoms. The van der Waals surface area contributed by atoms with Crippen molar-refractivity contribution in [3.63, 3.8) is 0 Å². The second-order valence-corrected chi connectivity index (χ2v) is 5.94. The second kappa shape index (κ2) is 6.74. The Hall–Kier alpha value is -0.910. The molecular formula is C12H18O4S. The zero-order valence-corrected chi connectivity index (χ0v) is 10.9. The molecule has 96 valence electrons. The number of rotatable bonds is 7. The minimum absolute atomic E-state index is 0.00952. The maximum atomic E-state index is 11.7. The molecule has 0 aliphatic rings. The first-order valence-electron chi connectivity index (χ1n) is 5.42. The van der Waals surface area contributed by atoms with Crippen LogP contribution < -0.4 is 0 Å². The fraction of sp³-hybridized carbons (Fsp3) is 0.500. The molecule has 17 heavy (non-hydrogen) atoms. The Kier molecular flexibility index (Phi) is 5.61. The van der Waals surface area contributed by atoms with Crippen LogP contribution in [0.2, 0.25) is 0 Å². The van der Waals surface area contributed by atoms with Crippen molar-refractivity contribution in [2.24, 2.45) is 0 Å². The lowest BCUT2D eigenvalue weighted by Gasteiger charge is -2.10. The third-order valence-electron chi connectivity index (χ3n) is 2.31. The van der Waals surface area contributed by atoms with E-state index in [4.69, 9.17) is 9.47 Å². The summed E-state index contributed by atoms with van der Waals surface area (Å²) < 4.78 is 33.5. The van der Waals surface area contributed by atoms with Gasteiger partial charge in [0.25, 0.3) is 0 Å². The van der Waals surface area contributed by atoms with E-state index in [1.807, 2.05) is 18.2 Å². The number of sulfone groups is 1. The first-order valence-corrected chi connectivity index (χ1v) is 7.24. The number of benzene rings is 1.